The Hall–Kier alpha value is -1.36. The number of hydrogen-bond donors (Lipinski definition) is 2. The lowest BCUT2D eigenvalue weighted by Gasteiger charge is -2.13. The summed E-state index contributed by atoms with van der Waals surface area (Å²) < 4.78 is 4.61. The van der Waals surface area contributed by atoms with Gasteiger partial charge in [-0.1, -0.05) is 0 Å². The number of H-pyrrole nitrogens is 1. The molecule has 1 atom stereocenters. The van der Waals surface area contributed by atoms with Crippen molar-refractivity contribution in [1.82, 2.24) is 10.2 Å². The van der Waals surface area contributed by atoms with Gasteiger partial charge in [-0.2, -0.15) is 5.10 Å². The number of ether oxygens (including phenoxy) is 1. The van der Waals surface area contributed by atoms with Crippen LogP contribution in [0.15, 0.2) is 0 Å². The summed E-state index contributed by atoms with van der Waals surface area (Å²) in [5.74, 6) is -0.435. The molecular weight excluding hydrogens is 194 g/mol. The van der Waals surface area contributed by atoms with Crippen molar-refractivity contribution in [3.63, 3.8) is 0 Å². The summed E-state index contributed by atoms with van der Waals surface area (Å²) in [6, 6.07) is -0.756. The van der Waals surface area contributed by atoms with Gasteiger partial charge in [-0.3, -0.25) is 5.10 Å². The van der Waals surface area contributed by atoms with Crippen LogP contribution in [0.1, 0.15) is 35.8 Å². The minimum atomic E-state index is -0.756. The Morgan fingerprint density at radius 2 is 2.27 bits per heavy atom. The molecule has 1 aliphatic rings. The van der Waals surface area contributed by atoms with Crippen molar-refractivity contribution < 1.29 is 9.53 Å². The minimum Gasteiger partial charge on any atom is -0.468 e. The van der Waals surface area contributed by atoms with Crippen LogP contribution >= 0.6 is 0 Å². The molecule has 0 saturated heterocycles. The largest absolute Gasteiger partial charge is 0.468 e. The molecule has 0 amide bonds. The number of fused-ring (bicyclic) bond motifs is 1. The van der Waals surface area contributed by atoms with E-state index < -0.39 is 12.0 Å². The van der Waals surface area contributed by atoms with E-state index in [-0.39, 0.29) is 0 Å². The number of carbonyl (C=O) groups is 1. The lowest BCUT2D eigenvalue weighted by atomic mass is 9.94. The van der Waals surface area contributed by atoms with Crippen LogP contribution < -0.4 is 5.73 Å². The van der Waals surface area contributed by atoms with Crippen LogP contribution in [-0.2, 0) is 22.4 Å². The molecule has 5 heteroatoms. The number of aryl methyl sites for hydroxylation is 1. The van der Waals surface area contributed by atoms with Crippen LogP contribution in [0.3, 0.4) is 0 Å². The highest BCUT2D eigenvalue weighted by molar-refractivity contribution is 5.77. The average Bonchev–Trinajstić information content (AvgIpc) is 2.70. The number of methoxy groups -OCH3 is 1. The Morgan fingerprint density at radius 1 is 1.53 bits per heavy atom. The van der Waals surface area contributed by atoms with Crippen molar-refractivity contribution in [3.8, 4) is 0 Å². The first kappa shape index (κ1) is 10.2. The fourth-order valence-corrected chi connectivity index (χ4v) is 2.00. The summed E-state index contributed by atoms with van der Waals surface area (Å²) in [5, 5.41) is 7.06. The molecule has 1 aromatic rings. The zero-order chi connectivity index (χ0) is 10.8. The maximum Gasteiger partial charge on any atom is 0.329 e. The highest BCUT2D eigenvalue weighted by Gasteiger charge is 2.25. The predicted molar refractivity (Wildman–Crippen MR) is 54.2 cm³/mol. The second-order valence-electron chi connectivity index (χ2n) is 3.77. The summed E-state index contributed by atoms with van der Waals surface area (Å²) in [5.41, 5.74) is 8.64. The summed E-state index contributed by atoms with van der Waals surface area (Å²) in [7, 11) is 1.33. The minimum absolute atomic E-state index is 0.435. The number of aromatic amines is 1. The lowest BCUT2D eigenvalue weighted by molar-refractivity contribution is -0.142. The molecule has 0 spiro atoms. The number of nitrogens with two attached hydrogens (primary N) is 1. The van der Waals surface area contributed by atoms with E-state index >= 15 is 0 Å². The zero-order valence-electron chi connectivity index (χ0n) is 8.75. The molecule has 1 heterocycles. The summed E-state index contributed by atoms with van der Waals surface area (Å²) in [6.45, 7) is 0. The molecule has 1 aliphatic carbocycles. The van der Waals surface area contributed by atoms with Gasteiger partial charge in [0.2, 0.25) is 0 Å². The lowest BCUT2D eigenvalue weighted by Crippen LogP contribution is -2.24. The zero-order valence-corrected chi connectivity index (χ0v) is 8.75. The van der Waals surface area contributed by atoms with Crippen LogP contribution in [0.4, 0.5) is 0 Å². The molecule has 0 fully saturated rings. The molecule has 0 radical (unpaired) electrons. The second-order valence-corrected chi connectivity index (χ2v) is 3.77. The van der Waals surface area contributed by atoms with E-state index in [1.165, 1.54) is 13.5 Å². The maximum absolute atomic E-state index is 11.3. The maximum atomic E-state index is 11.3. The third kappa shape index (κ3) is 1.74. The van der Waals surface area contributed by atoms with Gasteiger partial charge >= 0.3 is 5.97 Å². The topological polar surface area (TPSA) is 81.0 Å². The third-order valence-electron chi connectivity index (χ3n) is 2.84. The van der Waals surface area contributed by atoms with E-state index in [1.807, 2.05) is 0 Å². The molecule has 2 rings (SSSR count). The van der Waals surface area contributed by atoms with E-state index in [0.29, 0.717) is 5.69 Å². The summed E-state index contributed by atoms with van der Waals surface area (Å²) in [4.78, 5) is 11.3. The Kier molecular flexibility index (Phi) is 2.73. The van der Waals surface area contributed by atoms with Crippen molar-refractivity contribution in [2.45, 2.75) is 31.7 Å². The Bertz CT molecular complexity index is 373. The highest BCUT2D eigenvalue weighted by Crippen LogP contribution is 2.25. The van der Waals surface area contributed by atoms with Crippen LogP contribution in [0.2, 0.25) is 0 Å². The fourth-order valence-electron chi connectivity index (χ4n) is 2.00. The second kappa shape index (κ2) is 4.02. The van der Waals surface area contributed by atoms with Crippen LogP contribution in [0.5, 0.6) is 0 Å². The number of carbonyl (C=O) groups excluding carboxylic acids is 1. The van der Waals surface area contributed by atoms with Crippen LogP contribution in [0.25, 0.3) is 0 Å². The summed E-state index contributed by atoms with van der Waals surface area (Å²) >= 11 is 0. The van der Waals surface area contributed by atoms with Crippen molar-refractivity contribution in [3.05, 3.63) is 17.0 Å². The Balaban J connectivity index is 2.28. The Labute approximate surface area is 88.0 Å². The van der Waals surface area contributed by atoms with E-state index in [0.717, 1.165) is 30.5 Å². The quantitative estimate of drug-likeness (QED) is 0.693. The SMILES string of the molecule is COC(=O)C(N)c1n[nH]c2c1CCCC2. The molecule has 0 aromatic carbocycles. The average molecular weight is 209 g/mol. The van der Waals surface area contributed by atoms with Gasteiger partial charge in [0.1, 0.15) is 6.04 Å². The van der Waals surface area contributed by atoms with Crippen molar-refractivity contribution in [2.75, 3.05) is 7.11 Å². The molecular formula is C10H15N3O2. The fraction of sp³-hybridized carbons (Fsp3) is 0.600. The van der Waals surface area contributed by atoms with E-state index in [1.54, 1.807) is 0 Å². The van der Waals surface area contributed by atoms with Gasteiger partial charge in [-0.25, -0.2) is 4.79 Å². The van der Waals surface area contributed by atoms with E-state index in [4.69, 9.17) is 5.73 Å². The molecule has 0 bridgehead atoms. The predicted octanol–water partition coefficient (Wildman–Crippen LogP) is 0.461. The molecule has 1 aromatic heterocycles. The number of aromatic nitrogens is 2. The Morgan fingerprint density at radius 3 is 3.00 bits per heavy atom. The van der Waals surface area contributed by atoms with Gasteiger partial charge in [0.25, 0.3) is 0 Å². The molecule has 1 unspecified atom stereocenters. The number of rotatable bonds is 2. The van der Waals surface area contributed by atoms with Gasteiger partial charge in [-0.05, 0) is 31.2 Å². The molecule has 5 nitrogen and oxygen atoms in total. The monoisotopic (exact) mass is 209 g/mol. The van der Waals surface area contributed by atoms with Gasteiger partial charge < -0.3 is 10.5 Å². The van der Waals surface area contributed by atoms with Crippen molar-refractivity contribution in [2.24, 2.45) is 5.73 Å². The number of hydrogen-bond acceptors (Lipinski definition) is 4. The molecule has 15 heavy (non-hydrogen) atoms. The van der Waals surface area contributed by atoms with Crippen molar-refractivity contribution in [1.29, 1.82) is 0 Å². The number of nitrogens with one attached hydrogen (secondary N) is 1. The first-order valence-electron chi connectivity index (χ1n) is 5.13. The van der Waals surface area contributed by atoms with Gasteiger partial charge in [-0.15, -0.1) is 0 Å². The van der Waals surface area contributed by atoms with Gasteiger partial charge in [0.05, 0.1) is 12.8 Å². The van der Waals surface area contributed by atoms with Crippen LogP contribution in [0, 0.1) is 0 Å². The van der Waals surface area contributed by atoms with Crippen LogP contribution in [-0.4, -0.2) is 23.3 Å². The number of nitrogens with zero attached hydrogens (tertiary/aromatic N) is 1. The first-order valence-corrected chi connectivity index (χ1v) is 5.13. The van der Waals surface area contributed by atoms with Gasteiger partial charge in [0, 0.05) is 5.69 Å². The normalized spacial score (nSPS) is 16.9. The third-order valence-corrected chi connectivity index (χ3v) is 2.84. The van der Waals surface area contributed by atoms with Crippen molar-refractivity contribution >= 4 is 5.97 Å². The smallest absolute Gasteiger partial charge is 0.329 e. The molecule has 0 aliphatic heterocycles. The van der Waals surface area contributed by atoms with E-state index in [9.17, 15) is 4.79 Å². The molecule has 0 saturated carbocycles. The van der Waals surface area contributed by atoms with E-state index in [2.05, 4.69) is 14.9 Å². The first-order chi connectivity index (χ1) is 7.24. The van der Waals surface area contributed by atoms with Gasteiger partial charge in [0.15, 0.2) is 0 Å². The molecule has 3 N–H and O–H groups in total. The standard InChI is InChI=1S/C10H15N3O2/c1-15-10(14)8(11)9-6-4-2-3-5-7(6)12-13-9/h8H,2-5,11H2,1H3,(H,12,13). The molecule has 82 valence electrons. The summed E-state index contributed by atoms with van der Waals surface area (Å²) in [6.07, 6.45) is 4.25. The number of esters is 1. The highest BCUT2D eigenvalue weighted by atomic mass is 16.5.